The molecule has 2 aromatic carbocycles. The van der Waals surface area contributed by atoms with Crippen molar-refractivity contribution in [2.75, 3.05) is 0 Å². The van der Waals surface area contributed by atoms with E-state index in [0.717, 1.165) is 12.1 Å². The van der Waals surface area contributed by atoms with Crippen molar-refractivity contribution >= 4 is 9.84 Å². The molecular weight excluding hydrogens is 357 g/mol. The van der Waals surface area contributed by atoms with E-state index in [9.17, 15) is 26.4 Å². The largest absolute Gasteiger partial charge is 0.501 e. The van der Waals surface area contributed by atoms with Gasteiger partial charge in [-0.2, -0.15) is 13.2 Å². The summed E-state index contributed by atoms with van der Waals surface area (Å²) in [5, 5.41) is 0. The predicted octanol–water partition coefficient (Wildman–Crippen LogP) is 3.13. The summed E-state index contributed by atoms with van der Waals surface area (Å²) in [6.45, 7) is 0. The van der Waals surface area contributed by atoms with Crippen LogP contribution >= 0.6 is 0 Å². The SMILES string of the molecule is O=c1[nH]ccn1-c1cccc(-c2ccc(S(=O)(=O)C(F)(F)F)cc2)c1. The van der Waals surface area contributed by atoms with Crippen molar-refractivity contribution in [1.29, 1.82) is 0 Å². The quantitative estimate of drug-likeness (QED) is 0.772. The fraction of sp³-hybridized carbons (Fsp3) is 0.0625. The standard InChI is InChI=1S/C16H11F3N2O3S/c17-16(18,19)25(23,24)14-6-4-11(5-7-14)12-2-1-3-13(10-12)21-9-8-20-15(21)22/h1-10H,(H,20,22). The maximum absolute atomic E-state index is 12.6. The van der Waals surface area contributed by atoms with E-state index in [-0.39, 0.29) is 5.69 Å². The molecule has 0 aliphatic heterocycles. The molecule has 0 bridgehead atoms. The topological polar surface area (TPSA) is 71.9 Å². The van der Waals surface area contributed by atoms with E-state index in [2.05, 4.69) is 4.98 Å². The maximum atomic E-state index is 12.6. The molecule has 0 radical (unpaired) electrons. The first kappa shape index (κ1) is 17.0. The van der Waals surface area contributed by atoms with Crippen LogP contribution in [0.4, 0.5) is 13.2 Å². The summed E-state index contributed by atoms with van der Waals surface area (Å²) in [6.07, 6.45) is 3.02. The summed E-state index contributed by atoms with van der Waals surface area (Å²) in [5.41, 5.74) is -3.96. The van der Waals surface area contributed by atoms with Crippen molar-refractivity contribution in [1.82, 2.24) is 9.55 Å². The van der Waals surface area contributed by atoms with Gasteiger partial charge in [0.15, 0.2) is 0 Å². The molecule has 0 atom stereocenters. The second-order valence-electron chi connectivity index (χ2n) is 5.16. The Morgan fingerprint density at radius 3 is 2.20 bits per heavy atom. The minimum atomic E-state index is -5.37. The number of sulfone groups is 1. The molecule has 9 heteroatoms. The van der Waals surface area contributed by atoms with Gasteiger partial charge in [-0.05, 0) is 35.4 Å². The molecule has 0 unspecified atom stereocenters. The molecule has 0 amide bonds. The highest BCUT2D eigenvalue weighted by molar-refractivity contribution is 7.92. The summed E-state index contributed by atoms with van der Waals surface area (Å²) in [7, 11) is -5.37. The van der Waals surface area contributed by atoms with E-state index >= 15 is 0 Å². The second-order valence-corrected chi connectivity index (χ2v) is 7.10. The molecular formula is C16H11F3N2O3S. The van der Waals surface area contributed by atoms with Crippen LogP contribution in [0.25, 0.3) is 16.8 Å². The Morgan fingerprint density at radius 2 is 1.64 bits per heavy atom. The molecule has 1 N–H and O–H groups in total. The van der Waals surface area contributed by atoms with Gasteiger partial charge in [-0.3, -0.25) is 4.57 Å². The van der Waals surface area contributed by atoms with Gasteiger partial charge in [-0.1, -0.05) is 24.3 Å². The van der Waals surface area contributed by atoms with E-state index < -0.39 is 20.2 Å². The van der Waals surface area contributed by atoms with E-state index in [1.807, 2.05) is 0 Å². The Kier molecular flexibility index (Phi) is 4.03. The number of imidazole rings is 1. The Bertz CT molecular complexity index is 1060. The highest BCUT2D eigenvalue weighted by Gasteiger charge is 2.46. The lowest BCUT2D eigenvalue weighted by Crippen LogP contribution is -2.23. The number of halogens is 3. The number of hydrogen-bond donors (Lipinski definition) is 1. The summed E-state index contributed by atoms with van der Waals surface area (Å²) >= 11 is 0. The highest BCUT2D eigenvalue weighted by Crippen LogP contribution is 2.31. The lowest BCUT2D eigenvalue weighted by molar-refractivity contribution is -0.0436. The van der Waals surface area contributed by atoms with Gasteiger partial charge in [-0.15, -0.1) is 0 Å². The molecule has 0 spiro atoms. The number of benzene rings is 2. The molecule has 1 heterocycles. The first-order valence-corrected chi connectivity index (χ1v) is 8.47. The molecule has 0 saturated heterocycles. The van der Waals surface area contributed by atoms with Crippen molar-refractivity contribution in [2.24, 2.45) is 0 Å². The minimum absolute atomic E-state index is 0.330. The van der Waals surface area contributed by atoms with Gasteiger partial charge in [0.25, 0.3) is 9.84 Å². The number of aromatic amines is 1. The van der Waals surface area contributed by atoms with Crippen molar-refractivity contribution < 1.29 is 21.6 Å². The number of rotatable bonds is 3. The van der Waals surface area contributed by atoms with Gasteiger partial charge < -0.3 is 4.98 Å². The molecule has 3 aromatic rings. The number of hydrogen-bond acceptors (Lipinski definition) is 3. The van der Waals surface area contributed by atoms with Gasteiger partial charge in [0.2, 0.25) is 0 Å². The van der Waals surface area contributed by atoms with Crippen molar-refractivity contribution in [3.8, 4) is 16.8 Å². The Labute approximate surface area is 140 Å². The normalized spacial score (nSPS) is 12.3. The predicted molar refractivity (Wildman–Crippen MR) is 85.1 cm³/mol. The fourth-order valence-corrected chi connectivity index (χ4v) is 3.08. The average Bonchev–Trinajstić information content (AvgIpc) is 3.00. The molecule has 1 aromatic heterocycles. The first-order chi connectivity index (χ1) is 11.7. The van der Waals surface area contributed by atoms with Gasteiger partial charge in [0.05, 0.1) is 10.6 Å². The van der Waals surface area contributed by atoms with Crippen LogP contribution in [-0.4, -0.2) is 23.5 Å². The third-order valence-corrected chi connectivity index (χ3v) is 5.08. The van der Waals surface area contributed by atoms with Crippen LogP contribution in [0.5, 0.6) is 0 Å². The third kappa shape index (κ3) is 3.10. The van der Waals surface area contributed by atoms with Gasteiger partial charge in [0.1, 0.15) is 0 Å². The van der Waals surface area contributed by atoms with Crippen molar-refractivity contribution in [3.05, 3.63) is 71.4 Å². The van der Waals surface area contributed by atoms with Crippen molar-refractivity contribution in [3.63, 3.8) is 0 Å². The van der Waals surface area contributed by atoms with Crippen LogP contribution < -0.4 is 5.69 Å². The van der Waals surface area contributed by atoms with Crippen LogP contribution in [0.15, 0.2) is 70.6 Å². The average molecular weight is 368 g/mol. The van der Waals surface area contributed by atoms with E-state index in [1.165, 1.54) is 22.9 Å². The van der Waals surface area contributed by atoms with Crippen LogP contribution in [0, 0.1) is 0 Å². The van der Waals surface area contributed by atoms with Gasteiger partial charge in [0, 0.05) is 12.4 Å². The number of alkyl halides is 3. The molecule has 0 aliphatic rings. The van der Waals surface area contributed by atoms with Crippen LogP contribution in [0.3, 0.4) is 0 Å². The molecule has 130 valence electrons. The van der Waals surface area contributed by atoms with E-state index in [1.54, 1.807) is 30.5 Å². The molecule has 0 fully saturated rings. The molecule has 3 rings (SSSR count). The third-order valence-electron chi connectivity index (χ3n) is 3.58. The molecule has 0 aliphatic carbocycles. The monoisotopic (exact) mass is 368 g/mol. The van der Waals surface area contributed by atoms with Crippen LogP contribution in [0.2, 0.25) is 0 Å². The lowest BCUT2D eigenvalue weighted by atomic mass is 10.1. The summed E-state index contributed by atoms with van der Waals surface area (Å²) < 4.78 is 61.8. The number of H-pyrrole nitrogens is 1. The Morgan fingerprint density at radius 1 is 0.960 bits per heavy atom. The van der Waals surface area contributed by atoms with Gasteiger partial charge >= 0.3 is 11.2 Å². The highest BCUT2D eigenvalue weighted by atomic mass is 32.2. The number of nitrogens with zero attached hydrogens (tertiary/aromatic N) is 1. The maximum Gasteiger partial charge on any atom is 0.501 e. The van der Waals surface area contributed by atoms with Crippen LogP contribution in [0.1, 0.15) is 0 Å². The first-order valence-electron chi connectivity index (χ1n) is 6.98. The van der Waals surface area contributed by atoms with E-state index in [0.29, 0.717) is 16.8 Å². The number of nitrogens with one attached hydrogen (secondary N) is 1. The Hall–Kier alpha value is -2.81. The smallest absolute Gasteiger partial charge is 0.312 e. The zero-order valence-corrected chi connectivity index (χ0v) is 13.3. The summed E-state index contributed by atoms with van der Waals surface area (Å²) in [5.74, 6) is 0. The summed E-state index contributed by atoms with van der Waals surface area (Å²) in [4.78, 5) is 13.3. The molecule has 5 nitrogen and oxygen atoms in total. The molecule has 0 saturated carbocycles. The summed E-state index contributed by atoms with van der Waals surface area (Å²) in [6, 6.07) is 11.2. The lowest BCUT2D eigenvalue weighted by Gasteiger charge is -2.09. The zero-order chi connectivity index (χ0) is 18.2. The van der Waals surface area contributed by atoms with Crippen molar-refractivity contribution in [2.45, 2.75) is 10.4 Å². The fourth-order valence-electron chi connectivity index (χ4n) is 2.32. The Balaban J connectivity index is 1.99. The number of aromatic nitrogens is 2. The minimum Gasteiger partial charge on any atom is -0.312 e. The van der Waals surface area contributed by atoms with Gasteiger partial charge in [-0.25, -0.2) is 13.2 Å². The molecule has 25 heavy (non-hydrogen) atoms. The zero-order valence-electron chi connectivity index (χ0n) is 12.5. The second kappa shape index (κ2) is 5.92. The van der Waals surface area contributed by atoms with E-state index in [4.69, 9.17) is 0 Å². The van der Waals surface area contributed by atoms with Crippen LogP contribution in [-0.2, 0) is 9.84 Å².